The lowest BCUT2D eigenvalue weighted by Gasteiger charge is -2.62. The standard InChI is InChI=1S/C34H66N6O3/c1-33-12-10-29-32(28(33)8-7-25(33)5-4-6-31(42)43-3)30(41)24-26-23-27(9-11-34(26,29)2)40-22-21-39-20-19-38-18-17-37-16-15-36-14-13-35/h25-30,32,36-41H,4-24,35H2,1-3H3. The SMILES string of the molecule is COC(=O)CCCC1CCC2C3C(O)CC4CC(NCCNCCNCCNCCNCCN)CCC4(C)C3CCC12C. The number of carbonyl (C=O) groups is 1. The van der Waals surface area contributed by atoms with Gasteiger partial charge < -0.3 is 42.2 Å². The fraction of sp³-hybridized carbons (Fsp3) is 0.971. The van der Waals surface area contributed by atoms with Crippen molar-refractivity contribution in [3.63, 3.8) is 0 Å². The van der Waals surface area contributed by atoms with Crippen LogP contribution >= 0.6 is 0 Å². The highest BCUT2D eigenvalue weighted by atomic mass is 16.5. The van der Waals surface area contributed by atoms with Gasteiger partial charge >= 0.3 is 5.97 Å². The van der Waals surface area contributed by atoms with E-state index < -0.39 is 0 Å². The Kier molecular flexibility index (Phi) is 14.0. The van der Waals surface area contributed by atoms with Crippen LogP contribution in [-0.2, 0) is 9.53 Å². The van der Waals surface area contributed by atoms with Gasteiger partial charge in [0.2, 0.25) is 0 Å². The van der Waals surface area contributed by atoms with E-state index in [-0.39, 0.29) is 12.1 Å². The minimum Gasteiger partial charge on any atom is -0.469 e. The second-order valence-corrected chi connectivity index (χ2v) is 14.8. The number of rotatable bonds is 19. The van der Waals surface area contributed by atoms with E-state index in [1.54, 1.807) is 0 Å². The molecule has 250 valence electrons. The molecule has 8 N–H and O–H groups in total. The quantitative estimate of drug-likeness (QED) is 0.0874. The fourth-order valence-corrected chi connectivity index (χ4v) is 10.1. The Morgan fingerprint density at radius 3 is 2.07 bits per heavy atom. The van der Waals surface area contributed by atoms with Crippen molar-refractivity contribution in [1.29, 1.82) is 0 Å². The first-order chi connectivity index (χ1) is 20.8. The summed E-state index contributed by atoms with van der Waals surface area (Å²) in [5, 5.41) is 29.3. The first kappa shape index (κ1) is 35.1. The summed E-state index contributed by atoms with van der Waals surface area (Å²) in [6.07, 6.45) is 12.3. The van der Waals surface area contributed by atoms with Crippen molar-refractivity contribution in [3.05, 3.63) is 0 Å². The molecule has 0 aromatic heterocycles. The highest BCUT2D eigenvalue weighted by Crippen LogP contribution is 2.67. The molecule has 0 aromatic rings. The summed E-state index contributed by atoms with van der Waals surface area (Å²) in [4.78, 5) is 11.7. The molecule has 0 heterocycles. The Labute approximate surface area is 262 Å². The van der Waals surface area contributed by atoms with Crippen LogP contribution in [0.25, 0.3) is 0 Å². The maximum absolute atomic E-state index is 11.7. The van der Waals surface area contributed by atoms with Gasteiger partial charge in [-0.2, -0.15) is 0 Å². The average Bonchev–Trinajstić information content (AvgIpc) is 3.33. The summed E-state index contributed by atoms with van der Waals surface area (Å²) in [5.41, 5.74) is 6.16. The number of methoxy groups -OCH3 is 1. The Hall–Kier alpha value is -0.810. The summed E-state index contributed by atoms with van der Waals surface area (Å²) < 4.78 is 4.88. The molecule has 0 aromatic carbocycles. The number of ether oxygens (including phenoxy) is 1. The number of fused-ring (bicyclic) bond motifs is 5. The maximum Gasteiger partial charge on any atom is 0.305 e. The number of hydrogen-bond acceptors (Lipinski definition) is 9. The van der Waals surface area contributed by atoms with Gasteiger partial charge in [-0.25, -0.2) is 0 Å². The molecule has 4 rings (SSSR count). The molecule has 0 aliphatic heterocycles. The average molecular weight is 607 g/mol. The molecule has 0 spiro atoms. The van der Waals surface area contributed by atoms with Crippen LogP contribution in [-0.4, -0.2) is 95.8 Å². The minimum atomic E-state index is -0.155. The Balaban J connectivity index is 1.13. The number of carbonyl (C=O) groups excluding carboxylic acids is 1. The predicted molar refractivity (Wildman–Crippen MR) is 175 cm³/mol. The first-order valence-electron chi connectivity index (χ1n) is 17.8. The van der Waals surface area contributed by atoms with E-state index >= 15 is 0 Å². The second kappa shape index (κ2) is 17.2. The molecular weight excluding hydrogens is 540 g/mol. The van der Waals surface area contributed by atoms with Gasteiger partial charge in [0.05, 0.1) is 13.2 Å². The normalized spacial score (nSPS) is 37.0. The molecular formula is C34H66N6O3. The van der Waals surface area contributed by atoms with Gasteiger partial charge in [0.25, 0.3) is 0 Å². The Morgan fingerprint density at radius 1 is 0.814 bits per heavy atom. The van der Waals surface area contributed by atoms with E-state index in [1.807, 2.05) is 0 Å². The third kappa shape index (κ3) is 8.93. The van der Waals surface area contributed by atoms with Crippen LogP contribution < -0.4 is 32.3 Å². The zero-order chi connectivity index (χ0) is 30.7. The van der Waals surface area contributed by atoms with Crippen molar-refractivity contribution in [1.82, 2.24) is 26.6 Å². The second-order valence-electron chi connectivity index (χ2n) is 14.8. The number of nitrogens with two attached hydrogens (primary N) is 1. The zero-order valence-corrected chi connectivity index (χ0v) is 27.7. The lowest BCUT2D eigenvalue weighted by atomic mass is 9.44. The van der Waals surface area contributed by atoms with Crippen LogP contribution in [0.3, 0.4) is 0 Å². The highest BCUT2D eigenvalue weighted by molar-refractivity contribution is 5.68. The van der Waals surface area contributed by atoms with Gasteiger partial charge in [-0.3, -0.25) is 4.79 Å². The van der Waals surface area contributed by atoms with Crippen LogP contribution in [0.15, 0.2) is 0 Å². The predicted octanol–water partition coefficient (Wildman–Crippen LogP) is 2.23. The Bertz CT molecular complexity index is 834. The molecule has 4 aliphatic carbocycles. The van der Waals surface area contributed by atoms with Crippen LogP contribution in [0.4, 0.5) is 0 Å². The van der Waals surface area contributed by atoms with Crippen molar-refractivity contribution in [2.75, 3.05) is 72.6 Å². The molecule has 4 saturated carbocycles. The lowest BCUT2D eigenvalue weighted by Crippen LogP contribution is -2.59. The van der Waals surface area contributed by atoms with Gasteiger partial charge in [-0.1, -0.05) is 13.8 Å². The minimum absolute atomic E-state index is 0.0816. The topological polar surface area (TPSA) is 133 Å². The third-order valence-corrected chi connectivity index (χ3v) is 12.5. The summed E-state index contributed by atoms with van der Waals surface area (Å²) in [7, 11) is 1.49. The molecule has 9 heteroatoms. The molecule has 0 bridgehead atoms. The van der Waals surface area contributed by atoms with Gasteiger partial charge in [-0.05, 0) is 105 Å². The zero-order valence-electron chi connectivity index (χ0n) is 27.7. The third-order valence-electron chi connectivity index (χ3n) is 12.5. The summed E-state index contributed by atoms with van der Waals surface area (Å²) in [6, 6.07) is 0.576. The first-order valence-corrected chi connectivity index (χ1v) is 17.8. The number of aliphatic hydroxyl groups is 1. The van der Waals surface area contributed by atoms with Crippen molar-refractivity contribution in [2.24, 2.45) is 46.2 Å². The molecule has 0 amide bonds. The van der Waals surface area contributed by atoms with E-state index in [2.05, 4.69) is 40.4 Å². The Morgan fingerprint density at radius 2 is 1.42 bits per heavy atom. The molecule has 9 atom stereocenters. The van der Waals surface area contributed by atoms with E-state index in [1.165, 1.54) is 52.1 Å². The van der Waals surface area contributed by atoms with Gasteiger partial charge in [0.15, 0.2) is 0 Å². The van der Waals surface area contributed by atoms with E-state index in [4.69, 9.17) is 10.5 Å². The van der Waals surface area contributed by atoms with Crippen molar-refractivity contribution >= 4 is 5.97 Å². The van der Waals surface area contributed by atoms with Gasteiger partial charge in [-0.15, -0.1) is 0 Å². The number of hydrogen-bond donors (Lipinski definition) is 7. The van der Waals surface area contributed by atoms with Crippen LogP contribution in [0.1, 0.15) is 84.5 Å². The van der Waals surface area contributed by atoms with Crippen molar-refractivity contribution in [2.45, 2.75) is 96.6 Å². The summed E-state index contributed by atoms with van der Waals surface area (Å²) in [6.45, 7) is 14.6. The van der Waals surface area contributed by atoms with Gasteiger partial charge in [0.1, 0.15) is 0 Å². The molecule has 0 radical (unpaired) electrons. The van der Waals surface area contributed by atoms with Gasteiger partial charge in [0, 0.05) is 77.9 Å². The van der Waals surface area contributed by atoms with Crippen molar-refractivity contribution in [3.8, 4) is 0 Å². The molecule has 9 unspecified atom stereocenters. The summed E-state index contributed by atoms with van der Waals surface area (Å²) in [5.74, 6) is 2.98. The molecule has 4 fully saturated rings. The number of esters is 1. The molecule has 4 aliphatic rings. The molecule has 9 nitrogen and oxygen atoms in total. The fourth-order valence-electron chi connectivity index (χ4n) is 10.1. The lowest BCUT2D eigenvalue weighted by molar-refractivity contribution is -0.165. The smallest absolute Gasteiger partial charge is 0.305 e. The monoisotopic (exact) mass is 607 g/mol. The van der Waals surface area contributed by atoms with E-state index in [0.29, 0.717) is 59.4 Å². The van der Waals surface area contributed by atoms with Crippen LogP contribution in [0, 0.1) is 40.4 Å². The summed E-state index contributed by atoms with van der Waals surface area (Å²) >= 11 is 0. The van der Waals surface area contributed by atoms with E-state index in [9.17, 15) is 9.90 Å². The molecule has 43 heavy (non-hydrogen) atoms. The van der Waals surface area contributed by atoms with E-state index in [0.717, 1.165) is 78.2 Å². The largest absolute Gasteiger partial charge is 0.469 e. The highest BCUT2D eigenvalue weighted by Gasteiger charge is 2.62. The van der Waals surface area contributed by atoms with Crippen LogP contribution in [0.2, 0.25) is 0 Å². The van der Waals surface area contributed by atoms with Crippen LogP contribution in [0.5, 0.6) is 0 Å². The number of nitrogens with one attached hydrogen (secondary N) is 5. The maximum atomic E-state index is 11.7. The number of aliphatic hydroxyl groups excluding tert-OH is 1. The van der Waals surface area contributed by atoms with Crippen molar-refractivity contribution < 1.29 is 14.6 Å². The molecule has 0 saturated heterocycles.